The van der Waals surface area contributed by atoms with Gasteiger partial charge in [-0.15, -0.1) is 0 Å². The fraction of sp³-hybridized carbons (Fsp3) is 0.947. The van der Waals surface area contributed by atoms with Gasteiger partial charge in [-0.05, 0) is 41.5 Å². The summed E-state index contributed by atoms with van der Waals surface area (Å²) in [5.41, 5.74) is 0. The first-order valence-electron chi connectivity index (χ1n) is 10.8. The molecule has 1 aliphatic rings. The minimum atomic E-state index is -3.88. The molecule has 0 bridgehead atoms. The lowest BCUT2D eigenvalue weighted by Gasteiger charge is -2.37. The van der Waals surface area contributed by atoms with Crippen LogP contribution in [0.25, 0.3) is 0 Å². The van der Waals surface area contributed by atoms with E-state index in [1.807, 2.05) is 27.7 Å². The number of hydrogen-bond donors (Lipinski definition) is 0. The number of alkyl halides is 1. The largest absolute Gasteiger partial charge is 0.382 e. The monoisotopic (exact) mass is 480 g/mol. The van der Waals surface area contributed by atoms with Gasteiger partial charge in [0.25, 0.3) is 8.53 Å². The van der Waals surface area contributed by atoms with Crippen LogP contribution >= 0.6 is 16.1 Å². The Labute approximate surface area is 189 Å². The molecule has 0 aromatic heterocycles. The summed E-state index contributed by atoms with van der Waals surface area (Å²) >= 11 is 0. The summed E-state index contributed by atoms with van der Waals surface area (Å²) in [7, 11) is 0.730. The first kappa shape index (κ1) is 28.9. The van der Waals surface area contributed by atoms with E-state index in [0.29, 0.717) is 6.42 Å². The molecule has 0 spiro atoms. The van der Waals surface area contributed by atoms with Crippen molar-refractivity contribution in [1.29, 1.82) is 5.26 Å². The van der Waals surface area contributed by atoms with Crippen molar-refractivity contribution in [3.63, 3.8) is 0 Å². The number of ether oxygens (including phenoxy) is 1. The fourth-order valence-corrected chi connectivity index (χ4v) is 6.68. The van der Waals surface area contributed by atoms with Crippen molar-refractivity contribution >= 4 is 24.0 Å². The third-order valence-corrected chi connectivity index (χ3v) is 8.81. The van der Waals surface area contributed by atoms with Crippen LogP contribution in [0.4, 0.5) is 4.39 Å². The lowest BCUT2D eigenvalue weighted by atomic mass is 9.94. The normalized spacial score (nSPS) is 24.1. The summed E-state index contributed by atoms with van der Waals surface area (Å²) in [4.78, 5) is 0. The van der Waals surface area contributed by atoms with Gasteiger partial charge in [0.2, 0.25) is 5.91 Å². The Morgan fingerprint density at radius 2 is 1.84 bits per heavy atom. The molecule has 1 fully saturated rings. The second-order valence-electron chi connectivity index (χ2n) is 7.69. The smallest absolute Gasteiger partial charge is 0.364 e. The van der Waals surface area contributed by atoms with Gasteiger partial charge in [0.1, 0.15) is 7.85 Å². The summed E-state index contributed by atoms with van der Waals surface area (Å²) in [5, 5.41) is 8.83. The average Bonchev–Trinajstić information content (AvgIpc) is 3.00. The van der Waals surface area contributed by atoms with Crippen LogP contribution in [0.2, 0.25) is 0 Å². The van der Waals surface area contributed by atoms with Crippen LogP contribution in [0.3, 0.4) is 0 Å². The number of hydrogen-bond acceptors (Lipinski definition) is 8. The molecule has 1 aliphatic heterocycles. The van der Waals surface area contributed by atoms with Crippen LogP contribution in [-0.2, 0) is 27.4 Å². The minimum Gasteiger partial charge on any atom is -0.382 e. The average molecular weight is 480 g/mol. The van der Waals surface area contributed by atoms with Gasteiger partial charge in [0.15, 0.2) is 0 Å². The van der Waals surface area contributed by atoms with Gasteiger partial charge in [-0.3, -0.25) is 4.57 Å². The molecule has 2 radical (unpaired) electrons. The molecule has 0 aromatic rings. The summed E-state index contributed by atoms with van der Waals surface area (Å²) in [6, 6.07) is 1.56. The fourth-order valence-electron chi connectivity index (χ4n) is 3.33. The van der Waals surface area contributed by atoms with Crippen molar-refractivity contribution in [2.75, 3.05) is 19.8 Å². The van der Waals surface area contributed by atoms with Gasteiger partial charge in [-0.25, -0.2) is 9.06 Å². The maximum absolute atomic E-state index is 14.8. The zero-order valence-electron chi connectivity index (χ0n) is 19.4. The molecule has 12 heteroatoms. The van der Waals surface area contributed by atoms with E-state index in [-0.39, 0.29) is 44.7 Å². The van der Waals surface area contributed by atoms with Crippen LogP contribution in [0.15, 0.2) is 0 Å². The van der Waals surface area contributed by atoms with E-state index in [2.05, 4.69) is 10.7 Å². The molecule has 0 aromatic carbocycles. The van der Waals surface area contributed by atoms with E-state index in [0.717, 1.165) is 0 Å². The molecular weight excluding hydrogens is 444 g/mol. The van der Waals surface area contributed by atoms with Crippen molar-refractivity contribution in [3.05, 3.63) is 0 Å². The van der Waals surface area contributed by atoms with E-state index in [4.69, 9.17) is 35.9 Å². The van der Waals surface area contributed by atoms with E-state index in [1.54, 1.807) is 13.8 Å². The third-order valence-electron chi connectivity index (χ3n) is 4.52. The number of halogens is 1. The Morgan fingerprint density at radius 3 is 2.32 bits per heavy atom. The van der Waals surface area contributed by atoms with Crippen molar-refractivity contribution in [2.45, 2.75) is 97.0 Å². The highest BCUT2D eigenvalue weighted by molar-refractivity contribution is 7.54. The van der Waals surface area contributed by atoms with Crippen LogP contribution in [-0.4, -0.2) is 68.5 Å². The Bertz CT molecular complexity index is 594. The predicted molar refractivity (Wildman–Crippen MR) is 119 cm³/mol. The predicted octanol–water partition coefficient (Wildman–Crippen LogP) is 4.88. The van der Waals surface area contributed by atoms with Crippen molar-refractivity contribution in [3.8, 4) is 6.07 Å². The van der Waals surface area contributed by atoms with Crippen molar-refractivity contribution in [1.82, 2.24) is 4.67 Å². The number of rotatable bonds is 15. The van der Waals surface area contributed by atoms with Gasteiger partial charge in [0.05, 0.1) is 44.5 Å². The maximum Gasteiger partial charge on any atom is 0.364 e. The standard InChI is InChI=1S/C19H36BFN2O6P2/c1-7-26-31(24,27-8-2)18(21)13-16-12-17(19(20)28-16)29-30(25-11-9-10-22)23(14(3)4)15(5)6/h14-19H,7-9,11-13H2,1-6H3/t16-,17-,18?,19+,30?/m0/s1. The van der Waals surface area contributed by atoms with Crippen LogP contribution in [0.1, 0.15) is 60.8 Å². The van der Waals surface area contributed by atoms with Gasteiger partial charge in [-0.2, -0.15) is 5.26 Å². The molecule has 0 amide bonds. The molecular formula is C19H36BFN2O6P2. The highest BCUT2D eigenvalue weighted by Gasteiger charge is 2.43. The zero-order chi connectivity index (χ0) is 23.6. The van der Waals surface area contributed by atoms with Gasteiger partial charge in [-0.1, -0.05) is 0 Å². The van der Waals surface area contributed by atoms with E-state index in [9.17, 15) is 8.96 Å². The second kappa shape index (κ2) is 14.2. The Morgan fingerprint density at radius 1 is 1.26 bits per heavy atom. The van der Waals surface area contributed by atoms with Crippen LogP contribution in [0, 0.1) is 11.3 Å². The molecule has 0 aliphatic carbocycles. The van der Waals surface area contributed by atoms with Crippen LogP contribution in [0.5, 0.6) is 0 Å². The quantitative estimate of drug-likeness (QED) is 0.186. The molecule has 0 N–H and O–H groups in total. The number of nitriles is 1. The molecule has 2 unspecified atom stereocenters. The Hall–Kier alpha value is -0.0951. The SMILES string of the molecule is [B][C@@H]1O[C@H](CC(F)P(=O)(OCC)OCC)C[C@@H]1OP(OCCC#N)N(C(C)C)C(C)C. The lowest BCUT2D eigenvalue weighted by Crippen LogP contribution is -2.36. The molecule has 178 valence electrons. The molecule has 0 saturated carbocycles. The lowest BCUT2D eigenvalue weighted by molar-refractivity contribution is 0.0475. The molecule has 1 heterocycles. The number of nitrogens with zero attached hydrogens (tertiary/aromatic N) is 2. The molecule has 31 heavy (non-hydrogen) atoms. The topological polar surface area (TPSA) is 90.3 Å². The first-order valence-corrected chi connectivity index (χ1v) is 13.5. The highest BCUT2D eigenvalue weighted by atomic mass is 31.2. The van der Waals surface area contributed by atoms with Crippen molar-refractivity contribution in [2.24, 2.45) is 0 Å². The van der Waals surface area contributed by atoms with Crippen LogP contribution < -0.4 is 0 Å². The molecule has 1 saturated heterocycles. The Balaban J connectivity index is 2.83. The second-order valence-corrected chi connectivity index (χ2v) is 11.3. The van der Waals surface area contributed by atoms with E-state index < -0.39 is 40.2 Å². The minimum absolute atomic E-state index is 0.0824. The third kappa shape index (κ3) is 8.99. The summed E-state index contributed by atoms with van der Waals surface area (Å²) in [6.45, 7) is 11.8. The van der Waals surface area contributed by atoms with Crippen molar-refractivity contribution < 1.29 is 31.8 Å². The Kier molecular flexibility index (Phi) is 13.3. The first-order chi connectivity index (χ1) is 14.6. The molecule has 8 nitrogen and oxygen atoms in total. The van der Waals surface area contributed by atoms with Gasteiger partial charge in [0, 0.05) is 30.9 Å². The summed E-state index contributed by atoms with van der Waals surface area (Å²) in [6.07, 6.45) is -0.716. The van der Waals surface area contributed by atoms with E-state index >= 15 is 0 Å². The highest BCUT2D eigenvalue weighted by Crippen LogP contribution is 2.56. The zero-order valence-corrected chi connectivity index (χ0v) is 21.2. The molecule has 5 atom stereocenters. The van der Waals surface area contributed by atoms with Gasteiger partial charge >= 0.3 is 7.60 Å². The van der Waals surface area contributed by atoms with Gasteiger partial charge < -0.3 is 22.8 Å². The maximum atomic E-state index is 14.8. The summed E-state index contributed by atoms with van der Waals surface area (Å²) < 4.78 is 57.5. The molecule has 1 rings (SSSR count). The summed E-state index contributed by atoms with van der Waals surface area (Å²) in [5.74, 6) is -1.82. The van der Waals surface area contributed by atoms with E-state index in [1.165, 1.54) is 0 Å².